The van der Waals surface area contributed by atoms with Crippen LogP contribution < -0.4 is 5.32 Å². The standard InChI is InChI=1S/C18H20N4OS2/c1-4-22-8-6-12-15(17(20-11(3)23)25-16(12)10(22)2)18-21-13-9-19-7-5-14(13)24-18/h5,7,9-10H,4,6,8H2,1-3H3,(H,20,23)/t10-/m0/s1. The van der Waals surface area contributed by atoms with Gasteiger partial charge >= 0.3 is 0 Å². The molecule has 0 saturated carbocycles. The summed E-state index contributed by atoms with van der Waals surface area (Å²) in [6.07, 6.45) is 4.59. The van der Waals surface area contributed by atoms with Gasteiger partial charge in [-0.15, -0.1) is 22.7 Å². The van der Waals surface area contributed by atoms with Crippen LogP contribution in [0.2, 0.25) is 0 Å². The Bertz CT molecular complexity index is 913. The largest absolute Gasteiger partial charge is 0.317 e. The average molecular weight is 373 g/mol. The van der Waals surface area contributed by atoms with Crippen molar-refractivity contribution in [2.75, 3.05) is 18.4 Å². The molecule has 0 bridgehead atoms. The Morgan fingerprint density at radius 3 is 3.00 bits per heavy atom. The van der Waals surface area contributed by atoms with E-state index in [4.69, 9.17) is 4.98 Å². The predicted molar refractivity (Wildman–Crippen MR) is 104 cm³/mol. The molecule has 0 fully saturated rings. The molecule has 3 aromatic heterocycles. The number of hydrogen-bond donors (Lipinski definition) is 1. The van der Waals surface area contributed by atoms with E-state index < -0.39 is 0 Å². The molecule has 1 aliphatic heterocycles. The van der Waals surface area contributed by atoms with Gasteiger partial charge in [-0.1, -0.05) is 6.92 Å². The zero-order valence-electron chi connectivity index (χ0n) is 14.5. The maximum absolute atomic E-state index is 11.7. The number of fused-ring (bicyclic) bond motifs is 2. The number of anilines is 1. The lowest BCUT2D eigenvalue weighted by molar-refractivity contribution is -0.114. The summed E-state index contributed by atoms with van der Waals surface area (Å²) < 4.78 is 1.12. The summed E-state index contributed by atoms with van der Waals surface area (Å²) in [5.74, 6) is -0.0392. The molecule has 25 heavy (non-hydrogen) atoms. The molecule has 1 N–H and O–H groups in total. The number of nitrogens with zero attached hydrogens (tertiary/aromatic N) is 3. The third-order valence-corrected chi connectivity index (χ3v) is 7.09. The molecule has 7 heteroatoms. The van der Waals surface area contributed by atoms with Gasteiger partial charge in [0.15, 0.2) is 0 Å². The minimum atomic E-state index is -0.0392. The van der Waals surface area contributed by atoms with Gasteiger partial charge in [-0.05, 0) is 31.5 Å². The van der Waals surface area contributed by atoms with E-state index in [0.29, 0.717) is 6.04 Å². The van der Waals surface area contributed by atoms with E-state index in [1.165, 1.54) is 10.4 Å². The average Bonchev–Trinajstić information content (AvgIpc) is 3.15. The molecular weight excluding hydrogens is 352 g/mol. The number of hydrogen-bond acceptors (Lipinski definition) is 6. The van der Waals surface area contributed by atoms with Crippen LogP contribution in [0.3, 0.4) is 0 Å². The van der Waals surface area contributed by atoms with Gasteiger partial charge in [-0.2, -0.15) is 0 Å². The summed E-state index contributed by atoms with van der Waals surface area (Å²) >= 11 is 3.37. The van der Waals surface area contributed by atoms with Crippen molar-refractivity contribution >= 4 is 43.8 Å². The fourth-order valence-corrected chi connectivity index (χ4v) is 5.94. The first-order valence-electron chi connectivity index (χ1n) is 8.46. The first kappa shape index (κ1) is 16.6. The molecular formula is C18H20N4OS2. The van der Waals surface area contributed by atoms with E-state index in [9.17, 15) is 4.79 Å². The number of carbonyl (C=O) groups is 1. The number of nitrogens with one attached hydrogen (secondary N) is 1. The van der Waals surface area contributed by atoms with Crippen molar-refractivity contribution in [2.24, 2.45) is 0 Å². The second kappa shape index (κ2) is 6.48. The zero-order valence-corrected chi connectivity index (χ0v) is 16.1. The van der Waals surface area contributed by atoms with Gasteiger partial charge in [0, 0.05) is 36.1 Å². The van der Waals surface area contributed by atoms with Crippen LogP contribution in [-0.4, -0.2) is 33.9 Å². The summed E-state index contributed by atoms with van der Waals surface area (Å²) in [5, 5.41) is 4.94. The van der Waals surface area contributed by atoms with Gasteiger partial charge in [0.25, 0.3) is 0 Å². The lowest BCUT2D eigenvalue weighted by Crippen LogP contribution is -2.32. The molecule has 3 aromatic rings. The van der Waals surface area contributed by atoms with Gasteiger partial charge in [-0.3, -0.25) is 14.7 Å². The lowest BCUT2D eigenvalue weighted by atomic mass is 9.98. The molecule has 0 aromatic carbocycles. The van der Waals surface area contributed by atoms with E-state index in [1.807, 2.05) is 6.07 Å². The van der Waals surface area contributed by atoms with Gasteiger partial charge in [0.2, 0.25) is 5.91 Å². The highest BCUT2D eigenvalue weighted by molar-refractivity contribution is 7.23. The Kier molecular flexibility index (Phi) is 4.31. The van der Waals surface area contributed by atoms with Gasteiger partial charge in [0.05, 0.1) is 10.9 Å². The van der Waals surface area contributed by atoms with Gasteiger partial charge in [0.1, 0.15) is 15.5 Å². The second-order valence-electron chi connectivity index (χ2n) is 6.25. The number of thiazole rings is 1. The fourth-order valence-electron chi connectivity index (χ4n) is 3.48. The van der Waals surface area contributed by atoms with Crippen molar-refractivity contribution < 1.29 is 4.79 Å². The van der Waals surface area contributed by atoms with Crippen LogP contribution >= 0.6 is 22.7 Å². The Labute approximate surface area is 154 Å². The number of amides is 1. The molecule has 4 rings (SSSR count). The topological polar surface area (TPSA) is 58.1 Å². The van der Waals surface area contributed by atoms with Crippen molar-refractivity contribution in [3.63, 3.8) is 0 Å². The van der Waals surface area contributed by atoms with Crippen molar-refractivity contribution in [1.82, 2.24) is 14.9 Å². The van der Waals surface area contributed by atoms with Crippen molar-refractivity contribution in [3.05, 3.63) is 28.9 Å². The van der Waals surface area contributed by atoms with Crippen molar-refractivity contribution in [1.29, 1.82) is 0 Å². The van der Waals surface area contributed by atoms with Crippen LogP contribution in [0.4, 0.5) is 5.00 Å². The third kappa shape index (κ3) is 2.86. The molecule has 0 unspecified atom stereocenters. The van der Waals surface area contributed by atoms with Crippen molar-refractivity contribution in [3.8, 4) is 10.6 Å². The highest BCUT2D eigenvalue weighted by atomic mass is 32.1. The molecule has 0 radical (unpaired) electrons. The molecule has 1 amide bonds. The summed E-state index contributed by atoms with van der Waals surface area (Å²) in [6.45, 7) is 8.09. The number of likely N-dealkylation sites (N-methyl/N-ethyl adjacent to an activating group) is 1. The summed E-state index contributed by atoms with van der Waals surface area (Å²) in [4.78, 5) is 24.5. The highest BCUT2D eigenvalue weighted by Gasteiger charge is 2.31. The molecule has 0 saturated heterocycles. The summed E-state index contributed by atoms with van der Waals surface area (Å²) in [6, 6.07) is 2.37. The first-order chi connectivity index (χ1) is 12.1. The van der Waals surface area contributed by atoms with E-state index in [0.717, 1.165) is 45.3 Å². The van der Waals surface area contributed by atoms with E-state index >= 15 is 0 Å². The Hall–Kier alpha value is -1.83. The predicted octanol–water partition coefficient (Wildman–Crippen LogP) is 4.32. The van der Waals surface area contributed by atoms with E-state index in [2.05, 4.69) is 29.0 Å². The molecule has 5 nitrogen and oxygen atoms in total. The Morgan fingerprint density at radius 1 is 1.44 bits per heavy atom. The maximum atomic E-state index is 11.7. The fraction of sp³-hybridized carbons (Fsp3) is 0.389. The summed E-state index contributed by atoms with van der Waals surface area (Å²) in [5.41, 5.74) is 3.37. The number of rotatable bonds is 3. The summed E-state index contributed by atoms with van der Waals surface area (Å²) in [7, 11) is 0. The third-order valence-electron chi connectivity index (χ3n) is 4.71. The normalized spacial score (nSPS) is 17.6. The van der Waals surface area contributed by atoms with Gasteiger partial charge < -0.3 is 5.32 Å². The molecule has 1 aliphatic rings. The minimum absolute atomic E-state index is 0.0392. The molecule has 1 atom stereocenters. The molecule has 4 heterocycles. The van der Waals surface area contributed by atoms with Crippen LogP contribution in [-0.2, 0) is 11.2 Å². The molecule has 0 aliphatic carbocycles. The van der Waals surface area contributed by atoms with Crippen LogP contribution in [0.25, 0.3) is 20.8 Å². The lowest BCUT2D eigenvalue weighted by Gasteiger charge is -2.32. The Morgan fingerprint density at radius 2 is 2.28 bits per heavy atom. The maximum Gasteiger partial charge on any atom is 0.221 e. The van der Waals surface area contributed by atoms with E-state index in [-0.39, 0.29) is 5.91 Å². The minimum Gasteiger partial charge on any atom is -0.317 e. The number of thiophene rings is 1. The highest BCUT2D eigenvalue weighted by Crippen LogP contribution is 2.48. The molecule has 130 valence electrons. The second-order valence-corrected chi connectivity index (χ2v) is 8.33. The Balaban J connectivity index is 1.89. The number of pyridine rings is 1. The monoisotopic (exact) mass is 372 g/mol. The molecule has 0 spiro atoms. The SMILES string of the molecule is CCN1CCc2c(sc(NC(C)=O)c2-c2nc3cnccc3s2)[C@@H]1C. The first-order valence-corrected chi connectivity index (χ1v) is 10.1. The van der Waals surface area contributed by atoms with Crippen LogP contribution in [0, 0.1) is 0 Å². The van der Waals surface area contributed by atoms with Crippen LogP contribution in [0.15, 0.2) is 18.5 Å². The number of carbonyl (C=O) groups excluding carboxylic acids is 1. The quantitative estimate of drug-likeness (QED) is 0.744. The van der Waals surface area contributed by atoms with E-state index in [1.54, 1.807) is 42.0 Å². The van der Waals surface area contributed by atoms with Gasteiger partial charge in [-0.25, -0.2) is 4.98 Å². The van der Waals surface area contributed by atoms with Crippen LogP contribution in [0.1, 0.15) is 37.3 Å². The smallest absolute Gasteiger partial charge is 0.221 e. The number of aromatic nitrogens is 2. The zero-order chi connectivity index (χ0) is 17.6. The van der Waals surface area contributed by atoms with Crippen LogP contribution in [0.5, 0.6) is 0 Å². The van der Waals surface area contributed by atoms with Crippen molar-refractivity contribution in [2.45, 2.75) is 33.2 Å².